The van der Waals surface area contributed by atoms with Gasteiger partial charge >= 0.3 is 0 Å². The highest BCUT2D eigenvalue weighted by molar-refractivity contribution is 6.30. The Bertz CT molecular complexity index is 2360. The summed E-state index contributed by atoms with van der Waals surface area (Å²) in [6.07, 6.45) is 0. The van der Waals surface area contributed by atoms with Gasteiger partial charge in [0.2, 0.25) is 0 Å². The second kappa shape index (κ2) is 8.15. The zero-order chi connectivity index (χ0) is 26.2. The minimum absolute atomic E-state index is 1.27. The number of hydrogen-bond donors (Lipinski definition) is 0. The van der Waals surface area contributed by atoms with Crippen molar-refractivity contribution < 1.29 is 0 Å². The lowest BCUT2D eigenvalue weighted by atomic mass is 9.82. The van der Waals surface area contributed by atoms with E-state index in [1.807, 2.05) is 0 Å². The van der Waals surface area contributed by atoms with Crippen molar-refractivity contribution in [1.29, 1.82) is 0 Å². The van der Waals surface area contributed by atoms with Crippen LogP contribution in [0.2, 0.25) is 0 Å². The number of benzene rings is 9. The van der Waals surface area contributed by atoms with Gasteiger partial charge in [-0.2, -0.15) is 0 Å². The van der Waals surface area contributed by atoms with Crippen LogP contribution in [0.3, 0.4) is 0 Å². The lowest BCUT2D eigenvalue weighted by Crippen LogP contribution is -1.93. The molecule has 0 heteroatoms. The van der Waals surface area contributed by atoms with Crippen molar-refractivity contribution in [3.8, 4) is 22.3 Å². The molecule has 0 aliphatic heterocycles. The first kappa shape index (κ1) is 21.7. The summed E-state index contributed by atoms with van der Waals surface area (Å²) in [6, 6.07) is 53.8. The number of fused-ring (bicyclic) bond motifs is 3. The Kier molecular flexibility index (Phi) is 4.42. The molecular weight excluding hydrogens is 480 g/mol. The average Bonchev–Trinajstić information content (AvgIpc) is 3.02. The quantitative estimate of drug-likeness (QED) is 0.162. The minimum Gasteiger partial charge on any atom is -0.0616 e. The summed E-state index contributed by atoms with van der Waals surface area (Å²) in [5.41, 5.74) is 5.21. The van der Waals surface area contributed by atoms with E-state index in [0.717, 1.165) is 0 Å². The van der Waals surface area contributed by atoms with Crippen LogP contribution in [0, 0.1) is 0 Å². The summed E-state index contributed by atoms with van der Waals surface area (Å²) in [5, 5.41) is 15.6. The van der Waals surface area contributed by atoms with Gasteiger partial charge in [0, 0.05) is 0 Å². The molecule has 0 nitrogen and oxygen atoms in total. The molecule has 0 N–H and O–H groups in total. The van der Waals surface area contributed by atoms with Crippen LogP contribution >= 0.6 is 0 Å². The monoisotopic (exact) mass is 504 g/mol. The Morgan fingerprint density at radius 3 is 1.40 bits per heavy atom. The maximum atomic E-state index is 2.43. The molecule has 0 unspecified atom stereocenters. The first-order chi connectivity index (χ1) is 19.9. The lowest BCUT2D eigenvalue weighted by molar-refractivity contribution is 1.69. The summed E-state index contributed by atoms with van der Waals surface area (Å²) in [5.74, 6) is 0. The zero-order valence-corrected chi connectivity index (χ0v) is 21.9. The molecule has 0 saturated heterocycles. The number of rotatable bonds is 2. The highest BCUT2D eigenvalue weighted by Crippen LogP contribution is 2.48. The number of hydrogen-bond acceptors (Lipinski definition) is 0. The van der Waals surface area contributed by atoms with Crippen LogP contribution in [0.15, 0.2) is 146 Å². The van der Waals surface area contributed by atoms with E-state index in [-0.39, 0.29) is 0 Å². The molecule has 0 saturated carbocycles. The van der Waals surface area contributed by atoms with Crippen molar-refractivity contribution in [3.63, 3.8) is 0 Å². The standard InChI is InChI=1S/C40H24/c1-2-15-29-25(10-1)11-8-20-30(29)39-31-16-3-5-18-33(31)40(34-19-6-4-17-32(34)39)36-24-28-14-7-12-26-22-23-27-13-9-21-35(36)38(27)37(26)28/h1-24H. The molecule has 184 valence electrons. The topological polar surface area (TPSA) is 0 Å². The van der Waals surface area contributed by atoms with Crippen molar-refractivity contribution in [2.45, 2.75) is 0 Å². The Hall–Kier alpha value is -5.20. The Morgan fingerprint density at radius 1 is 0.250 bits per heavy atom. The van der Waals surface area contributed by atoms with Gasteiger partial charge in [-0.1, -0.05) is 140 Å². The largest absolute Gasteiger partial charge is 0.0616 e. The first-order valence-electron chi connectivity index (χ1n) is 14.0. The van der Waals surface area contributed by atoms with Crippen molar-refractivity contribution in [2.24, 2.45) is 0 Å². The Morgan fingerprint density at radius 2 is 0.700 bits per heavy atom. The van der Waals surface area contributed by atoms with Gasteiger partial charge in [-0.15, -0.1) is 0 Å². The van der Waals surface area contributed by atoms with E-state index in [2.05, 4.69) is 146 Å². The maximum absolute atomic E-state index is 2.43. The van der Waals surface area contributed by atoms with Gasteiger partial charge in [-0.05, 0) is 93.0 Å². The lowest BCUT2D eigenvalue weighted by Gasteiger charge is -2.21. The van der Waals surface area contributed by atoms with Gasteiger partial charge in [0.05, 0.1) is 0 Å². The van der Waals surface area contributed by atoms with Gasteiger partial charge < -0.3 is 0 Å². The third-order valence-electron chi connectivity index (χ3n) is 8.77. The normalized spacial score (nSPS) is 12.0. The SMILES string of the molecule is c1ccc2c(-c3c4ccccc4c(-c4cc5cccc6ccc7cccc4c7c65)c4ccccc34)cccc2c1. The molecule has 0 atom stereocenters. The third kappa shape index (κ3) is 2.91. The summed E-state index contributed by atoms with van der Waals surface area (Å²) in [6.45, 7) is 0. The summed E-state index contributed by atoms with van der Waals surface area (Å²) in [7, 11) is 0. The summed E-state index contributed by atoms with van der Waals surface area (Å²) in [4.78, 5) is 0. The molecule has 9 aromatic carbocycles. The summed E-state index contributed by atoms with van der Waals surface area (Å²) >= 11 is 0. The van der Waals surface area contributed by atoms with E-state index in [9.17, 15) is 0 Å². The smallest absolute Gasteiger partial charge is 0.00199 e. The second-order valence-electron chi connectivity index (χ2n) is 10.8. The van der Waals surface area contributed by atoms with Crippen LogP contribution in [0.5, 0.6) is 0 Å². The van der Waals surface area contributed by atoms with E-state index in [1.54, 1.807) is 0 Å². The third-order valence-corrected chi connectivity index (χ3v) is 8.77. The molecule has 0 aromatic heterocycles. The van der Waals surface area contributed by atoms with Crippen molar-refractivity contribution in [3.05, 3.63) is 146 Å². The zero-order valence-electron chi connectivity index (χ0n) is 21.9. The second-order valence-corrected chi connectivity index (χ2v) is 10.8. The molecule has 0 heterocycles. The highest BCUT2D eigenvalue weighted by Gasteiger charge is 2.20. The molecular formula is C40H24. The predicted octanol–water partition coefficient (Wildman–Crippen LogP) is 11.4. The van der Waals surface area contributed by atoms with Crippen molar-refractivity contribution in [1.82, 2.24) is 0 Å². The molecule has 0 amide bonds. The first-order valence-corrected chi connectivity index (χ1v) is 14.0. The van der Waals surface area contributed by atoms with E-state index in [4.69, 9.17) is 0 Å². The molecule has 0 spiro atoms. The Balaban J connectivity index is 1.51. The Labute approximate surface area is 232 Å². The average molecular weight is 505 g/mol. The van der Waals surface area contributed by atoms with Crippen molar-refractivity contribution in [2.75, 3.05) is 0 Å². The van der Waals surface area contributed by atoms with Crippen LogP contribution in [0.4, 0.5) is 0 Å². The molecule has 0 aliphatic rings. The minimum atomic E-state index is 1.27. The summed E-state index contributed by atoms with van der Waals surface area (Å²) < 4.78 is 0. The van der Waals surface area contributed by atoms with E-state index in [1.165, 1.54) is 86.9 Å². The van der Waals surface area contributed by atoms with Gasteiger partial charge in [0.1, 0.15) is 0 Å². The van der Waals surface area contributed by atoms with Gasteiger partial charge in [0.25, 0.3) is 0 Å². The highest BCUT2D eigenvalue weighted by atomic mass is 14.2. The fourth-order valence-corrected chi connectivity index (χ4v) is 7.12. The van der Waals surface area contributed by atoms with Crippen LogP contribution < -0.4 is 0 Å². The maximum Gasteiger partial charge on any atom is -0.00199 e. The molecule has 0 fully saturated rings. The molecule has 9 rings (SSSR count). The van der Waals surface area contributed by atoms with Crippen LogP contribution in [-0.4, -0.2) is 0 Å². The van der Waals surface area contributed by atoms with Gasteiger partial charge in [0.15, 0.2) is 0 Å². The van der Waals surface area contributed by atoms with Crippen molar-refractivity contribution >= 4 is 64.6 Å². The fraction of sp³-hybridized carbons (Fsp3) is 0. The van der Waals surface area contributed by atoms with E-state index < -0.39 is 0 Å². The van der Waals surface area contributed by atoms with Crippen LogP contribution in [-0.2, 0) is 0 Å². The van der Waals surface area contributed by atoms with Gasteiger partial charge in [-0.25, -0.2) is 0 Å². The molecule has 0 radical (unpaired) electrons. The molecule has 0 aliphatic carbocycles. The van der Waals surface area contributed by atoms with Crippen LogP contribution in [0.25, 0.3) is 86.9 Å². The van der Waals surface area contributed by atoms with Gasteiger partial charge in [-0.3, -0.25) is 0 Å². The molecule has 40 heavy (non-hydrogen) atoms. The molecule has 9 aromatic rings. The molecule has 0 bridgehead atoms. The van der Waals surface area contributed by atoms with E-state index in [0.29, 0.717) is 0 Å². The van der Waals surface area contributed by atoms with Crippen LogP contribution in [0.1, 0.15) is 0 Å². The van der Waals surface area contributed by atoms with E-state index >= 15 is 0 Å². The predicted molar refractivity (Wildman–Crippen MR) is 174 cm³/mol. The fourth-order valence-electron chi connectivity index (χ4n) is 7.12.